The van der Waals surface area contributed by atoms with E-state index in [1.807, 2.05) is 0 Å². The summed E-state index contributed by atoms with van der Waals surface area (Å²) in [6.07, 6.45) is -0.653. The lowest BCUT2D eigenvalue weighted by atomic mass is 10.2. The van der Waals surface area contributed by atoms with Gasteiger partial charge >= 0.3 is 12.1 Å². The van der Waals surface area contributed by atoms with Gasteiger partial charge in [0.2, 0.25) is 0 Å². The normalized spacial score (nSPS) is 12.9. The molecule has 0 aliphatic rings. The van der Waals surface area contributed by atoms with Crippen LogP contribution in [0.3, 0.4) is 0 Å². The van der Waals surface area contributed by atoms with Crippen LogP contribution in [0.2, 0.25) is 0 Å². The Kier molecular flexibility index (Phi) is 4.34. The van der Waals surface area contributed by atoms with Crippen LogP contribution in [-0.4, -0.2) is 28.8 Å². The van der Waals surface area contributed by atoms with Crippen LogP contribution < -0.4 is 4.90 Å². The van der Waals surface area contributed by atoms with Gasteiger partial charge in [-0.05, 0) is 45.2 Å². The summed E-state index contributed by atoms with van der Waals surface area (Å²) in [6, 6.07) is 2.47. The zero-order valence-corrected chi connectivity index (χ0v) is 11.7. The van der Waals surface area contributed by atoms with Crippen molar-refractivity contribution in [3.05, 3.63) is 17.5 Å². The Bertz CT molecular complexity index is 422. The molecule has 0 saturated heterocycles. The third-order valence-corrected chi connectivity index (χ3v) is 2.95. The molecule has 1 N–H and O–H groups in total. The average Bonchev–Trinajstić information content (AvgIpc) is 2.67. The predicted molar refractivity (Wildman–Crippen MR) is 70.1 cm³/mol. The van der Waals surface area contributed by atoms with E-state index in [2.05, 4.69) is 0 Å². The summed E-state index contributed by atoms with van der Waals surface area (Å²) in [4.78, 5) is 24.3. The number of carboxylic acid groups (broad SMARTS) is 1. The fourth-order valence-electron chi connectivity index (χ4n) is 1.27. The van der Waals surface area contributed by atoms with Crippen LogP contribution in [0.25, 0.3) is 0 Å². The highest BCUT2D eigenvalue weighted by Gasteiger charge is 2.31. The van der Waals surface area contributed by atoms with E-state index in [4.69, 9.17) is 9.84 Å². The highest BCUT2D eigenvalue weighted by Crippen LogP contribution is 2.25. The molecule has 0 aromatic carbocycles. The molecule has 0 saturated carbocycles. The summed E-state index contributed by atoms with van der Waals surface area (Å²) in [5, 5.41) is 11.4. The first-order chi connectivity index (χ1) is 8.22. The van der Waals surface area contributed by atoms with Crippen molar-refractivity contribution in [1.29, 1.82) is 0 Å². The topological polar surface area (TPSA) is 66.8 Å². The average molecular weight is 271 g/mol. The van der Waals surface area contributed by atoms with Crippen LogP contribution in [0.1, 0.15) is 27.7 Å². The van der Waals surface area contributed by atoms with Crippen molar-refractivity contribution in [2.45, 2.75) is 39.3 Å². The monoisotopic (exact) mass is 271 g/mol. The maximum absolute atomic E-state index is 12.1. The molecule has 18 heavy (non-hydrogen) atoms. The zero-order chi connectivity index (χ0) is 13.9. The molecule has 1 rings (SSSR count). The standard InChI is InChI=1S/C12H17NO4S/c1-8(10(14)15)13(9-6-5-7-18-9)11(16)17-12(2,3)4/h5-8H,1-4H3,(H,14,15). The van der Waals surface area contributed by atoms with Crippen molar-refractivity contribution < 1.29 is 19.4 Å². The molecule has 1 amide bonds. The number of rotatable bonds is 3. The number of anilines is 1. The number of thiophene rings is 1. The van der Waals surface area contributed by atoms with Crippen LogP contribution in [0.15, 0.2) is 17.5 Å². The van der Waals surface area contributed by atoms with Gasteiger partial charge in [0.15, 0.2) is 0 Å². The SMILES string of the molecule is CC(C(=O)O)N(C(=O)OC(C)(C)C)c1cccs1. The molecule has 100 valence electrons. The Labute approximate surface area is 110 Å². The third-order valence-electron chi connectivity index (χ3n) is 2.08. The lowest BCUT2D eigenvalue weighted by molar-refractivity contribution is -0.138. The van der Waals surface area contributed by atoms with E-state index < -0.39 is 23.7 Å². The van der Waals surface area contributed by atoms with Gasteiger partial charge in [-0.2, -0.15) is 0 Å². The second-order valence-electron chi connectivity index (χ2n) is 4.82. The molecular weight excluding hydrogens is 254 g/mol. The number of hydrogen-bond donors (Lipinski definition) is 1. The minimum atomic E-state index is -1.07. The maximum Gasteiger partial charge on any atom is 0.416 e. The van der Waals surface area contributed by atoms with E-state index in [0.717, 1.165) is 4.90 Å². The largest absolute Gasteiger partial charge is 0.480 e. The van der Waals surface area contributed by atoms with E-state index in [1.54, 1.807) is 38.3 Å². The van der Waals surface area contributed by atoms with Crippen LogP contribution in [0.4, 0.5) is 9.80 Å². The van der Waals surface area contributed by atoms with Crippen molar-refractivity contribution in [1.82, 2.24) is 0 Å². The Balaban J connectivity index is 2.99. The number of hydrogen-bond acceptors (Lipinski definition) is 4. The van der Waals surface area contributed by atoms with Crippen molar-refractivity contribution >= 4 is 28.4 Å². The number of ether oxygens (including phenoxy) is 1. The summed E-state index contributed by atoms with van der Waals surface area (Å²) < 4.78 is 5.23. The van der Waals surface area contributed by atoms with Crippen LogP contribution >= 0.6 is 11.3 Å². The smallest absolute Gasteiger partial charge is 0.416 e. The number of carbonyl (C=O) groups is 2. The van der Waals surface area contributed by atoms with Crippen molar-refractivity contribution in [2.24, 2.45) is 0 Å². The summed E-state index contributed by atoms with van der Waals surface area (Å²) in [5.41, 5.74) is -0.662. The molecule has 1 heterocycles. The lowest BCUT2D eigenvalue weighted by Crippen LogP contribution is -2.45. The number of carboxylic acids is 1. The first kappa shape index (κ1) is 14.5. The Morgan fingerprint density at radius 1 is 1.44 bits per heavy atom. The minimum absolute atomic E-state index is 0.555. The molecular formula is C12H17NO4S. The molecule has 0 radical (unpaired) electrons. The Morgan fingerprint density at radius 2 is 2.06 bits per heavy atom. The first-order valence-corrected chi connectivity index (χ1v) is 6.39. The third kappa shape index (κ3) is 3.73. The highest BCUT2D eigenvalue weighted by molar-refractivity contribution is 7.14. The van der Waals surface area contributed by atoms with E-state index >= 15 is 0 Å². The molecule has 1 atom stereocenters. The number of nitrogens with zero attached hydrogens (tertiary/aromatic N) is 1. The summed E-state index contributed by atoms with van der Waals surface area (Å²) in [5.74, 6) is -1.07. The molecule has 1 aromatic heterocycles. The van der Waals surface area contributed by atoms with Gasteiger partial charge in [0.05, 0.1) is 0 Å². The molecule has 5 nitrogen and oxygen atoms in total. The van der Waals surface area contributed by atoms with Crippen molar-refractivity contribution in [2.75, 3.05) is 4.90 Å². The second-order valence-corrected chi connectivity index (χ2v) is 5.74. The molecule has 0 fully saturated rings. The maximum atomic E-state index is 12.1. The first-order valence-electron chi connectivity index (χ1n) is 5.51. The second kappa shape index (κ2) is 5.39. The Morgan fingerprint density at radius 3 is 2.44 bits per heavy atom. The zero-order valence-electron chi connectivity index (χ0n) is 10.8. The van der Waals surface area contributed by atoms with E-state index in [0.29, 0.717) is 5.00 Å². The van der Waals surface area contributed by atoms with E-state index in [9.17, 15) is 9.59 Å². The van der Waals surface area contributed by atoms with Gasteiger partial charge in [0.1, 0.15) is 16.6 Å². The number of carbonyl (C=O) groups excluding carboxylic acids is 1. The van der Waals surface area contributed by atoms with Gasteiger partial charge in [-0.25, -0.2) is 9.59 Å². The van der Waals surface area contributed by atoms with Crippen molar-refractivity contribution in [3.63, 3.8) is 0 Å². The van der Waals surface area contributed by atoms with Gasteiger partial charge in [0, 0.05) is 0 Å². The quantitative estimate of drug-likeness (QED) is 0.917. The van der Waals surface area contributed by atoms with Gasteiger partial charge in [-0.1, -0.05) is 0 Å². The number of aliphatic carboxylic acids is 1. The van der Waals surface area contributed by atoms with Gasteiger partial charge < -0.3 is 9.84 Å². The van der Waals surface area contributed by atoms with Crippen LogP contribution in [-0.2, 0) is 9.53 Å². The highest BCUT2D eigenvalue weighted by atomic mass is 32.1. The fraction of sp³-hybridized carbons (Fsp3) is 0.500. The molecule has 6 heteroatoms. The van der Waals surface area contributed by atoms with E-state index in [-0.39, 0.29) is 0 Å². The molecule has 0 bridgehead atoms. The molecule has 1 unspecified atom stereocenters. The lowest BCUT2D eigenvalue weighted by Gasteiger charge is -2.28. The van der Waals surface area contributed by atoms with Crippen LogP contribution in [0.5, 0.6) is 0 Å². The molecule has 0 aliphatic carbocycles. The summed E-state index contributed by atoms with van der Waals surface area (Å²) in [7, 11) is 0. The fourth-order valence-corrected chi connectivity index (χ4v) is 2.07. The van der Waals surface area contributed by atoms with Crippen LogP contribution in [0, 0.1) is 0 Å². The summed E-state index contributed by atoms with van der Waals surface area (Å²) >= 11 is 1.29. The molecule has 1 aromatic rings. The molecule has 0 spiro atoms. The van der Waals surface area contributed by atoms with Crippen molar-refractivity contribution in [3.8, 4) is 0 Å². The van der Waals surface area contributed by atoms with Gasteiger partial charge in [-0.15, -0.1) is 11.3 Å². The molecule has 0 aliphatic heterocycles. The predicted octanol–water partition coefficient (Wildman–Crippen LogP) is 2.96. The summed E-state index contributed by atoms with van der Waals surface area (Å²) in [6.45, 7) is 6.67. The minimum Gasteiger partial charge on any atom is -0.480 e. The van der Waals surface area contributed by atoms with Gasteiger partial charge in [0.25, 0.3) is 0 Å². The van der Waals surface area contributed by atoms with Gasteiger partial charge in [-0.3, -0.25) is 4.90 Å². The number of amides is 1. The van der Waals surface area contributed by atoms with E-state index in [1.165, 1.54) is 18.3 Å². The Hall–Kier alpha value is -1.56.